The highest BCUT2D eigenvalue weighted by molar-refractivity contribution is 5.93. The molecule has 29 heavy (non-hydrogen) atoms. The Morgan fingerprint density at radius 1 is 1.03 bits per heavy atom. The zero-order valence-electron chi connectivity index (χ0n) is 17.1. The first-order valence-corrected chi connectivity index (χ1v) is 9.74. The molecule has 150 valence electrons. The second kappa shape index (κ2) is 9.73. The van der Waals surface area contributed by atoms with E-state index in [1.165, 1.54) is 5.56 Å². The van der Waals surface area contributed by atoms with Crippen LogP contribution in [-0.4, -0.2) is 24.0 Å². The van der Waals surface area contributed by atoms with Gasteiger partial charge in [-0.1, -0.05) is 42.5 Å². The second-order valence-electron chi connectivity index (χ2n) is 7.14. The van der Waals surface area contributed by atoms with E-state index in [-0.39, 0.29) is 11.9 Å². The number of amides is 1. The van der Waals surface area contributed by atoms with Gasteiger partial charge in [0.25, 0.3) is 5.91 Å². The third kappa shape index (κ3) is 5.57. The average Bonchev–Trinajstić information content (AvgIpc) is 2.76. The summed E-state index contributed by atoms with van der Waals surface area (Å²) in [6.07, 6.45) is 1.69. The van der Waals surface area contributed by atoms with E-state index in [0.717, 1.165) is 23.5 Å². The van der Waals surface area contributed by atoms with Crippen molar-refractivity contribution in [1.29, 1.82) is 0 Å². The normalized spacial score (nSPS) is 10.6. The average molecular weight is 389 g/mol. The molecule has 2 aromatic carbocycles. The van der Waals surface area contributed by atoms with Crippen molar-refractivity contribution in [3.8, 4) is 5.75 Å². The maximum atomic E-state index is 12.6. The van der Waals surface area contributed by atoms with E-state index in [4.69, 9.17) is 4.74 Å². The van der Waals surface area contributed by atoms with Crippen LogP contribution in [0.5, 0.6) is 5.75 Å². The Kier molecular flexibility index (Phi) is 6.85. The zero-order valence-corrected chi connectivity index (χ0v) is 17.1. The largest absolute Gasteiger partial charge is 0.497 e. The lowest BCUT2D eigenvalue weighted by molar-refractivity contribution is 0.0946. The summed E-state index contributed by atoms with van der Waals surface area (Å²) in [5.74, 6) is 0.604. The summed E-state index contributed by atoms with van der Waals surface area (Å²) in [5, 5.41) is 2.94. The molecule has 0 spiro atoms. The number of nitrogens with one attached hydrogen (secondary N) is 1. The van der Waals surface area contributed by atoms with Crippen LogP contribution in [0.4, 0.5) is 5.69 Å². The molecule has 0 saturated carbocycles. The van der Waals surface area contributed by atoms with Crippen molar-refractivity contribution in [3.63, 3.8) is 0 Å². The number of carbonyl (C=O) groups is 1. The van der Waals surface area contributed by atoms with Crippen molar-refractivity contribution in [2.45, 2.75) is 33.0 Å². The van der Waals surface area contributed by atoms with Gasteiger partial charge in [0.1, 0.15) is 11.4 Å². The quantitative estimate of drug-likeness (QED) is 0.619. The van der Waals surface area contributed by atoms with Crippen molar-refractivity contribution >= 4 is 11.6 Å². The highest BCUT2D eigenvalue weighted by Gasteiger charge is 2.14. The molecule has 1 heterocycles. The fourth-order valence-electron chi connectivity index (χ4n) is 3.09. The first-order chi connectivity index (χ1) is 14.1. The molecule has 0 radical (unpaired) electrons. The molecule has 0 aliphatic heterocycles. The van der Waals surface area contributed by atoms with Crippen LogP contribution in [0.25, 0.3) is 0 Å². The maximum Gasteiger partial charge on any atom is 0.270 e. The molecule has 0 fully saturated rings. The summed E-state index contributed by atoms with van der Waals surface area (Å²) >= 11 is 0. The van der Waals surface area contributed by atoms with Crippen LogP contribution >= 0.6 is 0 Å². The predicted octanol–water partition coefficient (Wildman–Crippen LogP) is 4.44. The van der Waals surface area contributed by atoms with Crippen molar-refractivity contribution in [2.24, 2.45) is 0 Å². The summed E-state index contributed by atoms with van der Waals surface area (Å²) in [4.78, 5) is 19.2. The number of anilines is 1. The molecule has 0 atom stereocenters. The summed E-state index contributed by atoms with van der Waals surface area (Å²) in [7, 11) is 1.63. The Morgan fingerprint density at radius 3 is 2.41 bits per heavy atom. The highest BCUT2D eigenvalue weighted by Crippen LogP contribution is 2.21. The van der Waals surface area contributed by atoms with Gasteiger partial charge in [-0.15, -0.1) is 0 Å². The molecule has 3 rings (SSSR count). The first-order valence-electron chi connectivity index (χ1n) is 9.74. The van der Waals surface area contributed by atoms with E-state index in [1.54, 1.807) is 13.3 Å². The third-order valence-corrected chi connectivity index (χ3v) is 4.74. The minimum atomic E-state index is -0.189. The van der Waals surface area contributed by atoms with Crippen molar-refractivity contribution in [3.05, 3.63) is 89.7 Å². The number of hydrogen-bond acceptors (Lipinski definition) is 4. The molecule has 3 aromatic rings. The fourth-order valence-corrected chi connectivity index (χ4v) is 3.09. The Bertz CT molecular complexity index is 924. The number of rotatable bonds is 8. The van der Waals surface area contributed by atoms with E-state index >= 15 is 0 Å². The van der Waals surface area contributed by atoms with Gasteiger partial charge in [0, 0.05) is 31.0 Å². The molecule has 1 aromatic heterocycles. The third-order valence-electron chi connectivity index (χ3n) is 4.74. The van der Waals surface area contributed by atoms with Gasteiger partial charge >= 0.3 is 0 Å². The minimum Gasteiger partial charge on any atom is -0.497 e. The van der Waals surface area contributed by atoms with Gasteiger partial charge in [-0.05, 0) is 49.2 Å². The van der Waals surface area contributed by atoms with Gasteiger partial charge in [-0.3, -0.25) is 9.78 Å². The molecule has 0 aliphatic carbocycles. The maximum absolute atomic E-state index is 12.6. The van der Waals surface area contributed by atoms with Crippen LogP contribution in [0, 0.1) is 0 Å². The Balaban J connectivity index is 1.70. The molecule has 0 unspecified atom stereocenters. The lowest BCUT2D eigenvalue weighted by Gasteiger charge is -2.29. The number of pyridine rings is 1. The lowest BCUT2D eigenvalue weighted by atomic mass is 10.1. The molecule has 5 nitrogen and oxygen atoms in total. The van der Waals surface area contributed by atoms with Crippen LogP contribution < -0.4 is 15.0 Å². The number of aromatic nitrogens is 1. The SMILES string of the molecule is COc1ccc(CNC(=O)c2cc(N(Cc3ccccc3)C(C)C)ccn2)cc1. The van der Waals surface area contributed by atoms with Gasteiger partial charge in [0.15, 0.2) is 0 Å². The number of ether oxygens (including phenoxy) is 1. The monoisotopic (exact) mass is 389 g/mol. The van der Waals surface area contributed by atoms with Crippen LogP contribution in [0.1, 0.15) is 35.5 Å². The topological polar surface area (TPSA) is 54.5 Å². The van der Waals surface area contributed by atoms with E-state index in [2.05, 4.69) is 41.2 Å². The van der Waals surface area contributed by atoms with E-state index in [9.17, 15) is 4.79 Å². The summed E-state index contributed by atoms with van der Waals surface area (Å²) in [5.41, 5.74) is 3.62. The van der Waals surface area contributed by atoms with Crippen molar-refractivity contribution < 1.29 is 9.53 Å². The van der Waals surface area contributed by atoms with Gasteiger partial charge in [0.05, 0.1) is 7.11 Å². The summed E-state index contributed by atoms with van der Waals surface area (Å²) < 4.78 is 5.16. The number of carbonyl (C=O) groups excluding carboxylic acids is 1. The van der Waals surface area contributed by atoms with Crippen LogP contribution in [0.2, 0.25) is 0 Å². The van der Waals surface area contributed by atoms with Crippen LogP contribution in [0.15, 0.2) is 72.9 Å². The lowest BCUT2D eigenvalue weighted by Crippen LogP contribution is -2.31. The zero-order chi connectivity index (χ0) is 20.6. The molecule has 0 bridgehead atoms. The number of hydrogen-bond donors (Lipinski definition) is 1. The van der Waals surface area contributed by atoms with Gasteiger partial charge < -0.3 is 15.0 Å². The molecular formula is C24H27N3O2. The van der Waals surface area contributed by atoms with Gasteiger partial charge in [-0.2, -0.15) is 0 Å². The molecule has 5 heteroatoms. The Labute approximate surface area is 172 Å². The number of methoxy groups -OCH3 is 1. The fraction of sp³-hybridized carbons (Fsp3) is 0.250. The molecule has 1 N–H and O–H groups in total. The second-order valence-corrected chi connectivity index (χ2v) is 7.14. The first kappa shape index (κ1) is 20.4. The van der Waals surface area contributed by atoms with E-state index in [1.807, 2.05) is 54.6 Å². The highest BCUT2D eigenvalue weighted by atomic mass is 16.5. The summed E-state index contributed by atoms with van der Waals surface area (Å²) in [6.45, 7) is 5.50. The van der Waals surface area contributed by atoms with Gasteiger partial charge in [-0.25, -0.2) is 0 Å². The Hall–Kier alpha value is -3.34. The molecule has 0 saturated heterocycles. The predicted molar refractivity (Wildman–Crippen MR) is 116 cm³/mol. The van der Waals surface area contributed by atoms with Crippen LogP contribution in [0.3, 0.4) is 0 Å². The van der Waals surface area contributed by atoms with Gasteiger partial charge in [0.2, 0.25) is 0 Å². The van der Waals surface area contributed by atoms with Crippen molar-refractivity contribution in [2.75, 3.05) is 12.0 Å². The van der Waals surface area contributed by atoms with Crippen LogP contribution in [-0.2, 0) is 13.1 Å². The minimum absolute atomic E-state index is 0.189. The smallest absolute Gasteiger partial charge is 0.270 e. The standard InChI is InChI=1S/C24H27N3O2/c1-18(2)27(17-20-7-5-4-6-8-20)21-13-14-25-23(15-21)24(28)26-16-19-9-11-22(29-3)12-10-19/h4-15,18H,16-17H2,1-3H3,(H,26,28). The molecule has 0 aliphatic rings. The summed E-state index contributed by atoms with van der Waals surface area (Å²) in [6, 6.07) is 22.0. The molecular weight excluding hydrogens is 362 g/mol. The van der Waals surface area contributed by atoms with Crippen molar-refractivity contribution in [1.82, 2.24) is 10.3 Å². The number of nitrogens with zero attached hydrogens (tertiary/aromatic N) is 2. The van der Waals surface area contributed by atoms with E-state index < -0.39 is 0 Å². The van der Waals surface area contributed by atoms with E-state index in [0.29, 0.717) is 12.2 Å². The number of benzene rings is 2. The molecule has 1 amide bonds. The Morgan fingerprint density at radius 2 is 1.76 bits per heavy atom.